The van der Waals surface area contributed by atoms with Crippen molar-refractivity contribution in [2.75, 3.05) is 0 Å². The van der Waals surface area contributed by atoms with E-state index >= 15 is 0 Å². The molecule has 1 aromatic heterocycles. The summed E-state index contributed by atoms with van der Waals surface area (Å²) in [5.41, 5.74) is 0.580. The number of carbonyl (C=O) groups is 1. The van der Waals surface area contributed by atoms with E-state index in [4.69, 9.17) is 9.52 Å². The Hall–Kier alpha value is -1.84. The van der Waals surface area contributed by atoms with Crippen molar-refractivity contribution in [3.8, 4) is 0 Å². The number of aryl methyl sites for hydroxylation is 1. The third kappa shape index (κ3) is 2.15. The van der Waals surface area contributed by atoms with E-state index in [1.54, 1.807) is 6.07 Å². The average molecular weight is 208 g/mol. The van der Waals surface area contributed by atoms with Gasteiger partial charge in [0.25, 0.3) is 0 Å². The molecule has 1 aromatic carbocycles. The van der Waals surface area contributed by atoms with Crippen LogP contribution in [0.3, 0.4) is 0 Å². The van der Waals surface area contributed by atoms with Crippen molar-refractivity contribution in [1.82, 2.24) is 0 Å². The number of hydrogen-bond donors (Lipinski definition) is 1. The summed E-state index contributed by atoms with van der Waals surface area (Å²) in [7, 11) is 0. The minimum absolute atomic E-state index is 0.0162. The maximum absolute atomic E-state index is 12.8. The molecule has 0 radical (unpaired) electrons. The van der Waals surface area contributed by atoms with Crippen LogP contribution in [-0.4, -0.2) is 11.1 Å². The summed E-state index contributed by atoms with van der Waals surface area (Å²) < 4.78 is 18.2. The zero-order valence-corrected chi connectivity index (χ0v) is 7.87. The van der Waals surface area contributed by atoms with E-state index in [9.17, 15) is 9.18 Å². The number of carboxylic acid groups (broad SMARTS) is 1. The largest absolute Gasteiger partial charge is 0.481 e. The van der Waals surface area contributed by atoms with Crippen LogP contribution in [0.2, 0.25) is 0 Å². The van der Waals surface area contributed by atoms with Gasteiger partial charge in [-0.3, -0.25) is 4.79 Å². The molecule has 0 saturated heterocycles. The zero-order valence-electron chi connectivity index (χ0n) is 7.87. The van der Waals surface area contributed by atoms with E-state index < -0.39 is 5.97 Å². The minimum Gasteiger partial charge on any atom is -0.481 e. The van der Waals surface area contributed by atoms with Crippen LogP contribution < -0.4 is 0 Å². The second-order valence-electron chi connectivity index (χ2n) is 3.29. The summed E-state index contributed by atoms with van der Waals surface area (Å²) in [5.74, 6) is -0.632. The van der Waals surface area contributed by atoms with Gasteiger partial charge in [0.1, 0.15) is 17.2 Å². The predicted molar refractivity (Wildman–Crippen MR) is 52.1 cm³/mol. The SMILES string of the molecule is O=C(O)CCc1cc2cc(F)ccc2o1. The molecular formula is C11H9FO3. The van der Waals surface area contributed by atoms with Crippen LogP contribution in [0, 0.1) is 5.82 Å². The van der Waals surface area contributed by atoms with Gasteiger partial charge in [-0.2, -0.15) is 0 Å². The van der Waals surface area contributed by atoms with Gasteiger partial charge >= 0.3 is 5.97 Å². The van der Waals surface area contributed by atoms with Crippen molar-refractivity contribution in [2.24, 2.45) is 0 Å². The molecule has 1 heterocycles. The highest BCUT2D eigenvalue weighted by Gasteiger charge is 2.06. The maximum atomic E-state index is 12.8. The highest BCUT2D eigenvalue weighted by molar-refractivity contribution is 5.78. The first kappa shape index (κ1) is 9.71. The molecule has 4 heteroatoms. The van der Waals surface area contributed by atoms with Gasteiger partial charge in [0.05, 0.1) is 6.42 Å². The van der Waals surface area contributed by atoms with Gasteiger partial charge in [0.2, 0.25) is 0 Å². The number of benzene rings is 1. The molecule has 0 fully saturated rings. The first-order chi connectivity index (χ1) is 7.15. The second-order valence-corrected chi connectivity index (χ2v) is 3.29. The Labute approximate surface area is 85.1 Å². The van der Waals surface area contributed by atoms with Crippen molar-refractivity contribution in [2.45, 2.75) is 12.8 Å². The molecule has 15 heavy (non-hydrogen) atoms. The van der Waals surface area contributed by atoms with Crippen LogP contribution in [0.1, 0.15) is 12.2 Å². The molecule has 0 spiro atoms. The Bertz CT molecular complexity index is 502. The standard InChI is InChI=1S/C11H9FO3/c12-8-1-3-10-7(5-8)6-9(15-10)2-4-11(13)14/h1,3,5-6H,2,4H2,(H,13,14). The second kappa shape index (κ2) is 3.73. The molecular weight excluding hydrogens is 199 g/mol. The van der Waals surface area contributed by atoms with Gasteiger partial charge in [-0.05, 0) is 24.3 Å². The monoisotopic (exact) mass is 208 g/mol. The summed E-state index contributed by atoms with van der Waals surface area (Å²) in [4.78, 5) is 10.3. The van der Waals surface area contributed by atoms with E-state index in [1.165, 1.54) is 18.2 Å². The molecule has 1 N–H and O–H groups in total. The van der Waals surface area contributed by atoms with E-state index in [1.807, 2.05) is 0 Å². The van der Waals surface area contributed by atoms with Crippen molar-refractivity contribution in [3.05, 3.63) is 35.8 Å². The highest BCUT2D eigenvalue weighted by Crippen LogP contribution is 2.21. The number of halogens is 1. The van der Waals surface area contributed by atoms with Crippen LogP contribution >= 0.6 is 0 Å². The molecule has 0 aliphatic rings. The Morgan fingerprint density at radius 1 is 1.40 bits per heavy atom. The van der Waals surface area contributed by atoms with Gasteiger partial charge in [-0.25, -0.2) is 4.39 Å². The maximum Gasteiger partial charge on any atom is 0.303 e. The van der Waals surface area contributed by atoms with Crippen LogP contribution in [-0.2, 0) is 11.2 Å². The lowest BCUT2D eigenvalue weighted by atomic mass is 10.2. The van der Waals surface area contributed by atoms with E-state index in [-0.39, 0.29) is 12.2 Å². The van der Waals surface area contributed by atoms with E-state index in [0.717, 1.165) is 0 Å². The van der Waals surface area contributed by atoms with Crippen LogP contribution in [0.25, 0.3) is 11.0 Å². The molecule has 78 valence electrons. The number of fused-ring (bicyclic) bond motifs is 1. The molecule has 0 saturated carbocycles. The Balaban J connectivity index is 2.27. The number of hydrogen-bond acceptors (Lipinski definition) is 2. The highest BCUT2D eigenvalue weighted by atomic mass is 19.1. The predicted octanol–water partition coefficient (Wildman–Crippen LogP) is 2.59. The summed E-state index contributed by atoms with van der Waals surface area (Å²) in [6.07, 6.45) is 0.341. The average Bonchev–Trinajstić information content (AvgIpc) is 2.56. The molecule has 2 aromatic rings. The number of furan rings is 1. The minimum atomic E-state index is -0.873. The third-order valence-corrected chi connectivity index (χ3v) is 2.11. The van der Waals surface area contributed by atoms with E-state index in [2.05, 4.69) is 0 Å². The van der Waals surface area contributed by atoms with Gasteiger partial charge < -0.3 is 9.52 Å². The Morgan fingerprint density at radius 3 is 2.93 bits per heavy atom. The summed E-state index contributed by atoms with van der Waals surface area (Å²) in [6, 6.07) is 5.88. The first-order valence-corrected chi connectivity index (χ1v) is 4.55. The Morgan fingerprint density at radius 2 is 2.20 bits per heavy atom. The summed E-state index contributed by atoms with van der Waals surface area (Å²) >= 11 is 0. The summed E-state index contributed by atoms with van der Waals surface area (Å²) in [6.45, 7) is 0. The Kier molecular flexibility index (Phi) is 2.41. The topological polar surface area (TPSA) is 50.4 Å². The van der Waals surface area contributed by atoms with Crippen LogP contribution in [0.5, 0.6) is 0 Å². The number of rotatable bonds is 3. The molecule has 0 bridgehead atoms. The molecule has 0 atom stereocenters. The fraction of sp³-hybridized carbons (Fsp3) is 0.182. The summed E-state index contributed by atoms with van der Waals surface area (Å²) in [5, 5.41) is 9.15. The van der Waals surface area contributed by atoms with Crippen LogP contribution in [0.4, 0.5) is 4.39 Å². The fourth-order valence-corrected chi connectivity index (χ4v) is 1.42. The third-order valence-electron chi connectivity index (χ3n) is 2.11. The van der Waals surface area contributed by atoms with Gasteiger partial charge in [-0.15, -0.1) is 0 Å². The lowest BCUT2D eigenvalue weighted by Gasteiger charge is -1.90. The van der Waals surface area contributed by atoms with Crippen molar-refractivity contribution in [3.63, 3.8) is 0 Å². The van der Waals surface area contributed by atoms with Gasteiger partial charge in [-0.1, -0.05) is 0 Å². The van der Waals surface area contributed by atoms with Crippen molar-refractivity contribution < 1.29 is 18.7 Å². The first-order valence-electron chi connectivity index (χ1n) is 4.55. The number of aliphatic carboxylic acids is 1. The van der Waals surface area contributed by atoms with Crippen LogP contribution in [0.15, 0.2) is 28.7 Å². The molecule has 0 unspecified atom stereocenters. The van der Waals surface area contributed by atoms with E-state index in [0.29, 0.717) is 23.2 Å². The van der Waals surface area contributed by atoms with Gasteiger partial charge in [0, 0.05) is 11.8 Å². The van der Waals surface area contributed by atoms with Gasteiger partial charge in [0.15, 0.2) is 0 Å². The fourth-order valence-electron chi connectivity index (χ4n) is 1.42. The lowest BCUT2D eigenvalue weighted by Crippen LogP contribution is -1.95. The van der Waals surface area contributed by atoms with Crippen molar-refractivity contribution >= 4 is 16.9 Å². The normalized spacial score (nSPS) is 10.7. The molecule has 2 rings (SSSR count). The molecule has 3 nitrogen and oxygen atoms in total. The molecule has 0 aliphatic heterocycles. The van der Waals surface area contributed by atoms with Crippen molar-refractivity contribution in [1.29, 1.82) is 0 Å². The quantitative estimate of drug-likeness (QED) is 0.843. The number of carboxylic acids is 1. The molecule has 0 amide bonds. The zero-order chi connectivity index (χ0) is 10.8. The lowest BCUT2D eigenvalue weighted by molar-refractivity contribution is -0.137. The smallest absolute Gasteiger partial charge is 0.303 e. The molecule has 0 aliphatic carbocycles.